The number of para-hydroxylation sites is 1. The number of ether oxygens (including phenoxy) is 1. The number of carbonyl (C=O) groups is 1. The number of rotatable bonds is 9. The second-order valence-electron chi connectivity index (χ2n) is 7.25. The van der Waals surface area contributed by atoms with Gasteiger partial charge in [0.1, 0.15) is 12.4 Å². The lowest BCUT2D eigenvalue weighted by molar-refractivity contribution is -0.113. The van der Waals surface area contributed by atoms with Gasteiger partial charge in [-0.3, -0.25) is 14.7 Å². The van der Waals surface area contributed by atoms with E-state index in [-0.39, 0.29) is 30.2 Å². The minimum absolute atomic E-state index is 0.0749. The molecule has 0 atom stereocenters. The smallest absolute Gasteiger partial charge is 0.322 e. The van der Waals surface area contributed by atoms with Gasteiger partial charge in [0.2, 0.25) is 11.8 Å². The van der Waals surface area contributed by atoms with Gasteiger partial charge >= 0.3 is 6.01 Å². The van der Waals surface area contributed by atoms with Crippen molar-refractivity contribution in [2.45, 2.75) is 31.5 Å². The Labute approximate surface area is 199 Å². The molecule has 0 bridgehead atoms. The van der Waals surface area contributed by atoms with E-state index in [4.69, 9.17) is 20.8 Å². The Morgan fingerprint density at radius 2 is 1.85 bits per heavy atom. The molecule has 2 heterocycles. The van der Waals surface area contributed by atoms with Crippen molar-refractivity contribution in [2.24, 2.45) is 0 Å². The summed E-state index contributed by atoms with van der Waals surface area (Å²) in [5.41, 5.74) is 0.860. The number of thioether (sulfide) groups is 1. The Morgan fingerprint density at radius 1 is 1.09 bits per heavy atom. The average molecular weight is 485 g/mol. The molecular weight excluding hydrogens is 464 g/mol. The minimum atomic E-state index is -0.291. The lowest BCUT2D eigenvalue weighted by Gasteiger charge is -2.11. The summed E-state index contributed by atoms with van der Waals surface area (Å²) in [6, 6.07) is 16.8. The van der Waals surface area contributed by atoms with Crippen LogP contribution in [0, 0.1) is 0 Å². The number of nitrogens with one attached hydrogen (secondary N) is 1. The summed E-state index contributed by atoms with van der Waals surface area (Å²) in [7, 11) is 0. The third-order valence-corrected chi connectivity index (χ3v) is 5.59. The predicted octanol–water partition coefficient (Wildman–Crippen LogP) is 4.74. The van der Waals surface area contributed by atoms with E-state index in [0.29, 0.717) is 27.6 Å². The van der Waals surface area contributed by atoms with Gasteiger partial charge in [0.25, 0.3) is 0 Å². The topological polar surface area (TPSA) is 108 Å². The number of nitrogens with zero attached hydrogens (tertiary/aromatic N) is 5. The number of benzene rings is 2. The summed E-state index contributed by atoms with van der Waals surface area (Å²) in [5, 5.41) is 20.1. The average Bonchev–Trinajstić information content (AvgIpc) is 3.45. The fourth-order valence-corrected chi connectivity index (χ4v) is 3.70. The van der Waals surface area contributed by atoms with E-state index in [0.717, 1.165) is 5.69 Å². The Kier molecular flexibility index (Phi) is 7.26. The Morgan fingerprint density at radius 3 is 2.55 bits per heavy atom. The number of aromatic nitrogens is 5. The fourth-order valence-electron chi connectivity index (χ4n) is 2.81. The van der Waals surface area contributed by atoms with Crippen molar-refractivity contribution in [2.75, 3.05) is 11.1 Å². The summed E-state index contributed by atoms with van der Waals surface area (Å²) < 4.78 is 13.1. The zero-order chi connectivity index (χ0) is 23.2. The summed E-state index contributed by atoms with van der Waals surface area (Å²) in [6.07, 6.45) is 0. The van der Waals surface area contributed by atoms with Crippen LogP contribution in [-0.2, 0) is 11.4 Å². The van der Waals surface area contributed by atoms with E-state index in [9.17, 15) is 4.79 Å². The molecule has 0 spiro atoms. The first-order valence-corrected chi connectivity index (χ1v) is 11.5. The van der Waals surface area contributed by atoms with Crippen molar-refractivity contribution in [3.63, 3.8) is 0 Å². The molecule has 0 radical (unpaired) electrons. The zero-order valence-corrected chi connectivity index (χ0v) is 19.5. The van der Waals surface area contributed by atoms with Gasteiger partial charge in [-0.2, -0.15) is 0 Å². The molecule has 0 aliphatic rings. The number of halogens is 1. The Balaban J connectivity index is 1.46. The van der Waals surface area contributed by atoms with Crippen molar-refractivity contribution < 1.29 is 13.9 Å². The highest BCUT2D eigenvalue weighted by molar-refractivity contribution is 7.99. The Hall–Kier alpha value is -3.37. The van der Waals surface area contributed by atoms with E-state index < -0.39 is 0 Å². The van der Waals surface area contributed by atoms with Crippen LogP contribution >= 0.6 is 23.4 Å². The molecule has 9 nitrogen and oxygen atoms in total. The second-order valence-corrected chi connectivity index (χ2v) is 8.63. The maximum Gasteiger partial charge on any atom is 0.322 e. The van der Waals surface area contributed by atoms with Crippen molar-refractivity contribution >= 4 is 35.3 Å². The summed E-state index contributed by atoms with van der Waals surface area (Å²) >= 11 is 7.17. The first kappa shape index (κ1) is 22.8. The molecule has 0 aliphatic carbocycles. The van der Waals surface area contributed by atoms with Crippen LogP contribution in [0.1, 0.15) is 31.5 Å². The molecule has 4 rings (SSSR count). The molecule has 33 heavy (non-hydrogen) atoms. The predicted molar refractivity (Wildman–Crippen MR) is 125 cm³/mol. The third-order valence-electron chi connectivity index (χ3n) is 4.41. The molecule has 4 aromatic rings. The SMILES string of the molecule is CC(C)c1nnc(NC(=O)CSc2nnc(COc3ccc(Cl)cc3)n2-c2ccccc2)o1. The normalized spacial score (nSPS) is 11.0. The van der Waals surface area contributed by atoms with Gasteiger partial charge in [0.05, 0.1) is 5.75 Å². The molecule has 170 valence electrons. The van der Waals surface area contributed by atoms with Gasteiger partial charge in [0.15, 0.2) is 11.0 Å². The molecule has 0 fully saturated rings. The number of amides is 1. The largest absolute Gasteiger partial charge is 0.486 e. The monoisotopic (exact) mass is 484 g/mol. The van der Waals surface area contributed by atoms with Crippen LogP contribution in [0.2, 0.25) is 5.02 Å². The van der Waals surface area contributed by atoms with Crippen molar-refractivity contribution in [1.29, 1.82) is 0 Å². The van der Waals surface area contributed by atoms with E-state index in [1.165, 1.54) is 11.8 Å². The van der Waals surface area contributed by atoms with Gasteiger partial charge in [-0.15, -0.1) is 15.3 Å². The fraction of sp³-hybridized carbons (Fsp3) is 0.227. The van der Waals surface area contributed by atoms with E-state index in [2.05, 4.69) is 25.7 Å². The van der Waals surface area contributed by atoms with Crippen molar-refractivity contribution in [3.8, 4) is 11.4 Å². The Bertz CT molecular complexity index is 1210. The minimum Gasteiger partial charge on any atom is -0.486 e. The van der Waals surface area contributed by atoms with Crippen molar-refractivity contribution in [3.05, 3.63) is 71.3 Å². The molecule has 1 amide bonds. The first-order valence-electron chi connectivity index (χ1n) is 10.1. The molecule has 2 aromatic heterocycles. The highest BCUT2D eigenvalue weighted by Gasteiger charge is 2.18. The molecule has 2 aromatic carbocycles. The molecule has 0 unspecified atom stereocenters. The van der Waals surface area contributed by atoms with Crippen LogP contribution in [0.3, 0.4) is 0 Å². The summed E-state index contributed by atoms with van der Waals surface area (Å²) in [6.45, 7) is 4.05. The van der Waals surface area contributed by atoms with Crippen LogP contribution in [-0.4, -0.2) is 36.6 Å². The first-order chi connectivity index (χ1) is 16.0. The maximum atomic E-state index is 12.4. The standard InChI is InChI=1S/C22H21ClN6O3S/c1-14(2)20-26-27-21(32-20)24-19(30)13-33-22-28-25-18(29(22)16-6-4-3-5-7-16)12-31-17-10-8-15(23)9-11-17/h3-11,14H,12-13H2,1-2H3,(H,24,27,30). The number of hydrogen-bond donors (Lipinski definition) is 1. The van der Waals surface area contributed by atoms with Gasteiger partial charge in [-0.25, -0.2) is 0 Å². The van der Waals surface area contributed by atoms with Gasteiger partial charge in [-0.05, 0) is 36.4 Å². The number of carbonyl (C=O) groups excluding carboxylic acids is 1. The molecule has 0 aliphatic heterocycles. The van der Waals surface area contributed by atoms with E-state index >= 15 is 0 Å². The van der Waals surface area contributed by atoms with E-state index in [1.54, 1.807) is 24.3 Å². The lowest BCUT2D eigenvalue weighted by atomic mass is 10.2. The quantitative estimate of drug-likeness (QED) is 0.339. The number of anilines is 1. The third kappa shape index (κ3) is 5.91. The zero-order valence-electron chi connectivity index (χ0n) is 17.9. The number of hydrogen-bond acceptors (Lipinski definition) is 8. The van der Waals surface area contributed by atoms with Gasteiger partial charge in [-0.1, -0.05) is 60.5 Å². The van der Waals surface area contributed by atoms with E-state index in [1.807, 2.05) is 48.7 Å². The lowest BCUT2D eigenvalue weighted by Crippen LogP contribution is -2.15. The van der Waals surface area contributed by atoms with Gasteiger partial charge in [0, 0.05) is 16.6 Å². The molecule has 0 saturated carbocycles. The maximum absolute atomic E-state index is 12.4. The molecule has 1 N–H and O–H groups in total. The van der Waals surface area contributed by atoms with Gasteiger partial charge < -0.3 is 9.15 Å². The van der Waals surface area contributed by atoms with Crippen LogP contribution in [0.25, 0.3) is 5.69 Å². The molecular formula is C22H21ClN6O3S. The second kappa shape index (κ2) is 10.5. The van der Waals surface area contributed by atoms with Crippen molar-refractivity contribution in [1.82, 2.24) is 25.0 Å². The summed E-state index contributed by atoms with van der Waals surface area (Å²) in [5.74, 6) is 1.60. The molecule has 0 saturated heterocycles. The highest BCUT2D eigenvalue weighted by atomic mass is 35.5. The van der Waals surface area contributed by atoms with Crippen LogP contribution < -0.4 is 10.1 Å². The summed E-state index contributed by atoms with van der Waals surface area (Å²) in [4.78, 5) is 12.4. The van der Waals surface area contributed by atoms with Crippen LogP contribution in [0.4, 0.5) is 6.01 Å². The highest BCUT2D eigenvalue weighted by Crippen LogP contribution is 2.24. The molecule has 11 heteroatoms. The van der Waals surface area contributed by atoms with Crippen LogP contribution in [0.5, 0.6) is 5.75 Å². The van der Waals surface area contributed by atoms with Crippen LogP contribution in [0.15, 0.2) is 64.2 Å².